The molecule has 16 heavy (non-hydrogen) atoms. The van der Waals surface area contributed by atoms with E-state index in [0.717, 1.165) is 0 Å². The smallest absolute Gasteiger partial charge is 0.109 e. The van der Waals surface area contributed by atoms with E-state index in [1.807, 2.05) is 13.8 Å². The van der Waals surface area contributed by atoms with Crippen LogP contribution in [0.5, 0.6) is 0 Å². The van der Waals surface area contributed by atoms with Gasteiger partial charge in [-0.2, -0.15) is 0 Å². The zero-order valence-electron chi connectivity index (χ0n) is 9.20. The van der Waals surface area contributed by atoms with E-state index in [0.29, 0.717) is 6.42 Å². The third kappa shape index (κ3) is 4.95. The van der Waals surface area contributed by atoms with Crippen molar-refractivity contribution in [2.45, 2.75) is 44.6 Å². The van der Waals surface area contributed by atoms with E-state index < -0.39 is 19.9 Å². The Labute approximate surface area is 95.9 Å². The summed E-state index contributed by atoms with van der Waals surface area (Å²) in [6, 6.07) is -0.518. The standard InChI is InChI=1S/C8H16BO6P/c1-5(2)14-6-3-8(9)15-7(6)4-13-16(10,11)12/h5-8H,3-4H2,1-2H3,(H2,10,11,12)/p-2/t6-,7-,8-/m1/s1. The molecule has 0 aliphatic carbocycles. The van der Waals surface area contributed by atoms with E-state index in [1.165, 1.54) is 0 Å². The SMILES string of the molecule is [B][C@H]1C[C@@H](OC(C)C)[C@@H](COP(=O)([O-])[O-])O1. The van der Waals surface area contributed by atoms with Crippen LogP contribution in [0.25, 0.3) is 0 Å². The largest absolute Gasteiger partial charge is 0.790 e. The minimum atomic E-state index is -4.98. The maximum atomic E-state index is 10.3. The van der Waals surface area contributed by atoms with Crippen LogP contribution in [0.4, 0.5) is 0 Å². The normalized spacial score (nSPS) is 31.2. The lowest BCUT2D eigenvalue weighted by Gasteiger charge is -2.31. The van der Waals surface area contributed by atoms with Crippen LogP contribution in [0.3, 0.4) is 0 Å². The van der Waals surface area contributed by atoms with Crippen LogP contribution >= 0.6 is 7.82 Å². The van der Waals surface area contributed by atoms with Crippen molar-refractivity contribution in [2.75, 3.05) is 6.61 Å². The molecule has 8 heteroatoms. The monoisotopic (exact) mass is 248 g/mol. The Balaban J connectivity index is 2.46. The van der Waals surface area contributed by atoms with Crippen LogP contribution in [0.15, 0.2) is 0 Å². The first-order valence-electron chi connectivity index (χ1n) is 5.01. The Morgan fingerprint density at radius 1 is 1.56 bits per heavy atom. The Morgan fingerprint density at radius 2 is 2.19 bits per heavy atom. The van der Waals surface area contributed by atoms with Crippen LogP contribution in [0.1, 0.15) is 20.3 Å². The molecule has 1 saturated heterocycles. The lowest BCUT2D eigenvalue weighted by atomic mass is 9.96. The van der Waals surface area contributed by atoms with Gasteiger partial charge in [0.05, 0.1) is 26.6 Å². The van der Waals surface area contributed by atoms with E-state index in [2.05, 4.69) is 4.52 Å². The van der Waals surface area contributed by atoms with Crippen molar-refractivity contribution in [3.05, 3.63) is 0 Å². The Morgan fingerprint density at radius 3 is 2.69 bits per heavy atom. The van der Waals surface area contributed by atoms with Gasteiger partial charge in [-0.05, 0) is 20.3 Å². The van der Waals surface area contributed by atoms with Crippen molar-refractivity contribution >= 4 is 15.7 Å². The molecule has 3 atom stereocenters. The highest BCUT2D eigenvalue weighted by Crippen LogP contribution is 2.29. The summed E-state index contributed by atoms with van der Waals surface area (Å²) < 4.78 is 25.2. The Hall–Kier alpha value is 0.0949. The topological polar surface area (TPSA) is 90.9 Å². The summed E-state index contributed by atoms with van der Waals surface area (Å²) in [5.41, 5.74) is 0. The summed E-state index contributed by atoms with van der Waals surface area (Å²) >= 11 is 0. The van der Waals surface area contributed by atoms with Gasteiger partial charge in [0.1, 0.15) is 14.0 Å². The summed E-state index contributed by atoms with van der Waals surface area (Å²) in [4.78, 5) is 20.6. The van der Waals surface area contributed by atoms with E-state index in [-0.39, 0.29) is 18.8 Å². The second kappa shape index (κ2) is 5.62. The van der Waals surface area contributed by atoms with Gasteiger partial charge in [0.25, 0.3) is 0 Å². The molecule has 1 aliphatic heterocycles. The van der Waals surface area contributed by atoms with Crippen LogP contribution in [-0.4, -0.2) is 38.8 Å². The first kappa shape index (κ1) is 14.2. The van der Waals surface area contributed by atoms with Crippen LogP contribution < -0.4 is 9.79 Å². The molecule has 92 valence electrons. The molecule has 1 aliphatic rings. The summed E-state index contributed by atoms with van der Waals surface area (Å²) in [5, 5.41) is 0. The van der Waals surface area contributed by atoms with E-state index in [1.54, 1.807) is 0 Å². The first-order chi connectivity index (χ1) is 7.28. The van der Waals surface area contributed by atoms with Gasteiger partial charge in [-0.3, -0.25) is 0 Å². The van der Waals surface area contributed by atoms with Gasteiger partial charge in [-0.25, -0.2) is 0 Å². The molecular formula is C8H14BO6P-2. The fourth-order valence-electron chi connectivity index (χ4n) is 1.55. The predicted octanol–water partition coefficient (Wildman–Crippen LogP) is -1.09. The van der Waals surface area contributed by atoms with Gasteiger partial charge < -0.3 is 28.3 Å². The number of hydrogen-bond donors (Lipinski definition) is 0. The van der Waals surface area contributed by atoms with Crippen molar-refractivity contribution in [3.63, 3.8) is 0 Å². The molecule has 0 saturated carbocycles. The summed E-state index contributed by atoms with van der Waals surface area (Å²) in [7, 11) is 0.572. The van der Waals surface area contributed by atoms with Gasteiger partial charge in [-0.15, -0.1) is 0 Å². The van der Waals surface area contributed by atoms with Crippen molar-refractivity contribution < 1.29 is 28.3 Å². The van der Waals surface area contributed by atoms with Gasteiger partial charge in [0.15, 0.2) is 0 Å². The molecule has 0 aromatic carbocycles. The third-order valence-electron chi connectivity index (χ3n) is 2.07. The fraction of sp³-hybridized carbons (Fsp3) is 1.00. The maximum absolute atomic E-state index is 10.3. The molecule has 0 aromatic heterocycles. The van der Waals surface area contributed by atoms with E-state index in [9.17, 15) is 14.4 Å². The molecule has 2 radical (unpaired) electrons. The lowest BCUT2D eigenvalue weighted by Crippen LogP contribution is -2.32. The van der Waals surface area contributed by atoms with E-state index >= 15 is 0 Å². The van der Waals surface area contributed by atoms with Crippen molar-refractivity contribution in [1.29, 1.82) is 0 Å². The van der Waals surface area contributed by atoms with Gasteiger partial charge in [0, 0.05) is 6.00 Å². The number of phosphoric acid groups is 1. The quantitative estimate of drug-likeness (QED) is 0.453. The minimum Gasteiger partial charge on any atom is -0.790 e. The molecule has 1 heterocycles. The number of rotatable bonds is 5. The number of ether oxygens (including phenoxy) is 2. The molecule has 0 aromatic rings. The second-order valence-corrected chi connectivity index (χ2v) is 5.07. The van der Waals surface area contributed by atoms with Crippen LogP contribution in [0.2, 0.25) is 0 Å². The molecule has 6 nitrogen and oxygen atoms in total. The Bertz CT molecular complexity index is 267. The van der Waals surface area contributed by atoms with Gasteiger partial charge in [-0.1, -0.05) is 0 Å². The predicted molar refractivity (Wildman–Crippen MR) is 52.6 cm³/mol. The Kier molecular flexibility index (Phi) is 4.97. The highest BCUT2D eigenvalue weighted by atomic mass is 31.2. The average molecular weight is 248 g/mol. The van der Waals surface area contributed by atoms with Crippen molar-refractivity contribution in [3.8, 4) is 0 Å². The molecule has 1 rings (SSSR count). The molecule has 0 N–H and O–H groups in total. The molecule has 0 spiro atoms. The summed E-state index contributed by atoms with van der Waals surface area (Å²) in [6.07, 6.45) is -0.545. The molecule has 0 amide bonds. The molecule has 1 fully saturated rings. The van der Waals surface area contributed by atoms with Crippen LogP contribution in [-0.2, 0) is 18.6 Å². The van der Waals surface area contributed by atoms with E-state index in [4.69, 9.17) is 17.3 Å². The highest BCUT2D eigenvalue weighted by molar-refractivity contribution is 7.43. The molecule has 0 unspecified atom stereocenters. The van der Waals surface area contributed by atoms with Crippen molar-refractivity contribution in [2.24, 2.45) is 0 Å². The zero-order chi connectivity index (χ0) is 12.3. The number of phosphoric ester groups is 1. The van der Waals surface area contributed by atoms with Crippen molar-refractivity contribution in [1.82, 2.24) is 0 Å². The molecule has 0 bridgehead atoms. The lowest BCUT2D eigenvalue weighted by molar-refractivity contribution is -0.343. The number of hydrogen-bond acceptors (Lipinski definition) is 6. The first-order valence-corrected chi connectivity index (χ1v) is 6.47. The minimum absolute atomic E-state index is 0.0345. The fourth-order valence-corrected chi connectivity index (χ4v) is 1.88. The average Bonchev–Trinajstić information content (AvgIpc) is 2.40. The zero-order valence-corrected chi connectivity index (χ0v) is 10.1. The van der Waals surface area contributed by atoms with Crippen LogP contribution in [0, 0.1) is 0 Å². The highest BCUT2D eigenvalue weighted by Gasteiger charge is 2.34. The van der Waals surface area contributed by atoms with Gasteiger partial charge >= 0.3 is 0 Å². The van der Waals surface area contributed by atoms with Gasteiger partial charge in [0.2, 0.25) is 0 Å². The summed E-state index contributed by atoms with van der Waals surface area (Å²) in [6.45, 7) is 3.33. The maximum Gasteiger partial charge on any atom is 0.109 e. The third-order valence-corrected chi connectivity index (χ3v) is 2.54. The molecular weight excluding hydrogens is 234 g/mol. The summed E-state index contributed by atoms with van der Waals surface area (Å²) in [5.74, 6) is 0. The second-order valence-electron chi connectivity index (χ2n) is 3.91.